The Labute approximate surface area is 216 Å². The fourth-order valence-electron chi connectivity index (χ4n) is 3.81. The van der Waals surface area contributed by atoms with E-state index < -0.39 is 22.3 Å². The minimum absolute atomic E-state index is 0.209. The van der Waals surface area contributed by atoms with Gasteiger partial charge in [0.15, 0.2) is 0 Å². The second-order valence-electron chi connectivity index (χ2n) is 8.07. The SMILES string of the molecule is NS(=O)(=O)OC[C@H]1CC(Nc2ncncc2C(=O)c2cc(CSc3ccccc3Cl)cs2)C[C@@H]1O. The van der Waals surface area contributed by atoms with E-state index in [1.54, 1.807) is 11.8 Å². The van der Waals surface area contributed by atoms with Crippen molar-refractivity contribution in [1.82, 2.24) is 9.97 Å². The number of nitrogens with two attached hydrogens (primary N) is 1. The van der Waals surface area contributed by atoms with Crippen molar-refractivity contribution in [2.45, 2.75) is 35.6 Å². The van der Waals surface area contributed by atoms with Crippen molar-refractivity contribution in [3.63, 3.8) is 0 Å². The molecule has 4 rings (SSSR count). The number of hydrogen-bond donors (Lipinski definition) is 3. The third-order valence-electron chi connectivity index (χ3n) is 5.51. The number of carbonyl (C=O) groups is 1. The lowest BCUT2D eigenvalue weighted by Gasteiger charge is -2.15. The van der Waals surface area contributed by atoms with Crippen LogP contribution in [-0.2, 0) is 20.2 Å². The van der Waals surface area contributed by atoms with Crippen LogP contribution in [0.2, 0.25) is 5.02 Å². The monoisotopic (exact) mass is 554 g/mol. The molecule has 3 aromatic rings. The molecular formula is C22H23ClN4O5S3. The maximum absolute atomic E-state index is 13.2. The molecule has 13 heteroatoms. The van der Waals surface area contributed by atoms with Crippen LogP contribution in [0, 0.1) is 5.92 Å². The number of thiophene rings is 1. The molecule has 4 N–H and O–H groups in total. The molecule has 1 saturated carbocycles. The van der Waals surface area contributed by atoms with E-state index in [0.29, 0.717) is 39.9 Å². The number of nitrogens with one attached hydrogen (secondary N) is 1. The van der Waals surface area contributed by atoms with Gasteiger partial charge in [-0.05, 0) is 42.0 Å². The standard InChI is InChI=1S/C22H23ClN4O5S3/c23-17-3-1-2-4-19(17)33-10-13-5-20(34-11-13)21(29)16-8-25-12-26-22(16)27-15-6-14(18(28)7-15)9-32-35(24,30)31/h1-5,8,11-12,14-15,18,28H,6-7,9-10H2,(H2,24,30,31)(H,25,26,27)/t14-,15?,18+/m1/s1. The molecule has 1 aliphatic carbocycles. The molecule has 0 radical (unpaired) electrons. The van der Waals surface area contributed by atoms with Gasteiger partial charge in [-0.1, -0.05) is 23.7 Å². The number of rotatable bonds is 10. The van der Waals surface area contributed by atoms with Gasteiger partial charge in [0.25, 0.3) is 0 Å². The second-order valence-corrected chi connectivity index (χ2v) is 11.6. The van der Waals surface area contributed by atoms with E-state index in [1.807, 2.05) is 35.7 Å². The molecule has 1 aliphatic rings. The van der Waals surface area contributed by atoms with Gasteiger partial charge in [0.1, 0.15) is 12.1 Å². The minimum atomic E-state index is -4.08. The number of nitrogens with zero attached hydrogens (tertiary/aromatic N) is 2. The number of hydrogen-bond acceptors (Lipinski definition) is 10. The van der Waals surface area contributed by atoms with Gasteiger partial charge in [0, 0.05) is 28.8 Å². The average Bonchev–Trinajstić information content (AvgIpc) is 3.43. The Morgan fingerprint density at radius 3 is 2.91 bits per heavy atom. The van der Waals surface area contributed by atoms with E-state index in [9.17, 15) is 18.3 Å². The fourth-order valence-corrected chi connectivity index (χ4v) is 6.32. The summed E-state index contributed by atoms with van der Waals surface area (Å²) in [6.07, 6.45) is 2.80. The Kier molecular flexibility index (Phi) is 8.42. The maximum Gasteiger partial charge on any atom is 0.333 e. The van der Waals surface area contributed by atoms with E-state index >= 15 is 0 Å². The van der Waals surface area contributed by atoms with Crippen LogP contribution in [0.15, 0.2) is 53.1 Å². The number of aromatic nitrogens is 2. The zero-order chi connectivity index (χ0) is 25.0. The molecule has 0 amide bonds. The van der Waals surface area contributed by atoms with Crippen molar-refractivity contribution in [3.05, 3.63) is 69.3 Å². The van der Waals surface area contributed by atoms with Gasteiger partial charge in [0.2, 0.25) is 5.78 Å². The van der Waals surface area contributed by atoms with Crippen molar-refractivity contribution in [2.75, 3.05) is 11.9 Å². The summed E-state index contributed by atoms with van der Waals surface area (Å²) in [6.45, 7) is -0.210. The van der Waals surface area contributed by atoms with Crippen LogP contribution >= 0.6 is 34.7 Å². The maximum atomic E-state index is 13.2. The average molecular weight is 555 g/mol. The van der Waals surface area contributed by atoms with Gasteiger partial charge in [-0.25, -0.2) is 15.1 Å². The summed E-state index contributed by atoms with van der Waals surface area (Å²) in [7, 11) is -4.08. The topological polar surface area (TPSA) is 144 Å². The molecular weight excluding hydrogens is 532 g/mol. The summed E-state index contributed by atoms with van der Waals surface area (Å²) in [6, 6.07) is 9.23. The van der Waals surface area contributed by atoms with Crippen molar-refractivity contribution in [1.29, 1.82) is 0 Å². The number of carbonyl (C=O) groups excluding carboxylic acids is 1. The van der Waals surface area contributed by atoms with Crippen molar-refractivity contribution in [3.8, 4) is 0 Å². The van der Waals surface area contributed by atoms with Gasteiger partial charge in [0.05, 0.1) is 28.2 Å². The third kappa shape index (κ3) is 7.00. The summed E-state index contributed by atoms with van der Waals surface area (Å²) in [4.78, 5) is 23.0. The van der Waals surface area contributed by atoms with Gasteiger partial charge in [-0.2, -0.15) is 8.42 Å². The Hall–Kier alpha value is -2.06. The van der Waals surface area contributed by atoms with Gasteiger partial charge < -0.3 is 10.4 Å². The van der Waals surface area contributed by atoms with E-state index in [0.717, 1.165) is 10.5 Å². The molecule has 1 fully saturated rings. The molecule has 9 nitrogen and oxygen atoms in total. The normalized spacial score (nSPS) is 20.1. The van der Waals surface area contributed by atoms with Crippen molar-refractivity contribution >= 4 is 56.6 Å². The van der Waals surface area contributed by atoms with E-state index in [-0.39, 0.29) is 18.4 Å². The van der Waals surface area contributed by atoms with Gasteiger partial charge >= 0.3 is 10.3 Å². The number of ketones is 1. The Balaban J connectivity index is 1.41. The molecule has 0 spiro atoms. The quantitative estimate of drug-likeness (QED) is 0.253. The van der Waals surface area contributed by atoms with Crippen LogP contribution in [0.4, 0.5) is 5.82 Å². The Morgan fingerprint density at radius 2 is 2.14 bits per heavy atom. The van der Waals surface area contributed by atoms with E-state index in [2.05, 4.69) is 19.5 Å². The highest BCUT2D eigenvalue weighted by Crippen LogP contribution is 2.32. The van der Waals surface area contributed by atoms with Crippen LogP contribution in [0.25, 0.3) is 0 Å². The largest absolute Gasteiger partial charge is 0.393 e. The van der Waals surface area contributed by atoms with Gasteiger partial charge in [-0.15, -0.1) is 23.1 Å². The van der Waals surface area contributed by atoms with Crippen LogP contribution < -0.4 is 10.5 Å². The first-order valence-corrected chi connectivity index (χ1v) is 14.3. The number of halogens is 1. The molecule has 1 unspecified atom stereocenters. The Bertz CT molecular complexity index is 1300. The van der Waals surface area contributed by atoms with Crippen LogP contribution in [-0.4, -0.2) is 48.0 Å². The molecule has 0 aliphatic heterocycles. The number of anilines is 1. The first-order valence-electron chi connectivity index (χ1n) is 10.6. The second kappa shape index (κ2) is 11.3. The molecule has 35 heavy (non-hydrogen) atoms. The first kappa shape index (κ1) is 26.0. The first-order chi connectivity index (χ1) is 16.7. The molecule has 3 atom stereocenters. The highest BCUT2D eigenvalue weighted by Gasteiger charge is 2.34. The minimum Gasteiger partial charge on any atom is -0.393 e. The van der Waals surface area contributed by atoms with Crippen molar-refractivity contribution in [2.24, 2.45) is 11.1 Å². The summed E-state index contributed by atoms with van der Waals surface area (Å²) in [5, 5.41) is 21.0. The highest BCUT2D eigenvalue weighted by atomic mass is 35.5. The molecule has 1 aromatic carbocycles. The summed E-state index contributed by atoms with van der Waals surface area (Å²) in [5.74, 6) is 0.406. The fraction of sp³-hybridized carbons (Fsp3) is 0.318. The molecule has 0 saturated heterocycles. The van der Waals surface area contributed by atoms with E-state index in [1.165, 1.54) is 23.9 Å². The Morgan fingerprint density at radius 1 is 1.34 bits per heavy atom. The number of benzene rings is 1. The summed E-state index contributed by atoms with van der Waals surface area (Å²) < 4.78 is 26.7. The summed E-state index contributed by atoms with van der Waals surface area (Å²) >= 11 is 9.17. The van der Waals surface area contributed by atoms with Crippen LogP contribution in [0.5, 0.6) is 0 Å². The smallest absolute Gasteiger partial charge is 0.333 e. The molecule has 0 bridgehead atoms. The lowest BCUT2D eigenvalue weighted by Crippen LogP contribution is -2.24. The van der Waals surface area contributed by atoms with Crippen molar-refractivity contribution < 1.29 is 22.5 Å². The predicted molar refractivity (Wildman–Crippen MR) is 136 cm³/mol. The highest BCUT2D eigenvalue weighted by molar-refractivity contribution is 7.98. The lowest BCUT2D eigenvalue weighted by molar-refractivity contribution is 0.101. The number of thioether (sulfide) groups is 1. The van der Waals surface area contributed by atoms with Crippen LogP contribution in [0.1, 0.15) is 33.6 Å². The lowest BCUT2D eigenvalue weighted by atomic mass is 10.1. The zero-order valence-electron chi connectivity index (χ0n) is 18.3. The van der Waals surface area contributed by atoms with E-state index in [4.69, 9.17) is 16.7 Å². The number of aliphatic hydroxyl groups excluding tert-OH is 1. The molecule has 186 valence electrons. The third-order valence-corrected chi connectivity index (χ3v) is 8.54. The predicted octanol–water partition coefficient (Wildman–Crippen LogP) is 3.49. The molecule has 2 heterocycles. The molecule has 2 aromatic heterocycles. The summed E-state index contributed by atoms with van der Waals surface area (Å²) in [5.41, 5.74) is 1.32. The van der Waals surface area contributed by atoms with Gasteiger partial charge in [-0.3, -0.25) is 8.98 Å². The zero-order valence-corrected chi connectivity index (χ0v) is 21.5. The number of aliphatic hydroxyl groups is 1. The van der Waals surface area contributed by atoms with Crippen LogP contribution in [0.3, 0.4) is 0 Å².